The molecule has 1 aromatic heterocycles. The number of alkyl halides is 3. The fraction of sp³-hybridized carbons (Fsp3) is 0.276. The summed E-state index contributed by atoms with van der Waals surface area (Å²) in [5.41, 5.74) is 4.05. The van der Waals surface area contributed by atoms with E-state index in [9.17, 15) is 22.8 Å². The van der Waals surface area contributed by atoms with E-state index in [1.165, 1.54) is 11.8 Å². The first-order valence-electron chi connectivity index (χ1n) is 13.2. The maximum atomic E-state index is 12.7. The van der Waals surface area contributed by atoms with Gasteiger partial charge in [0.05, 0.1) is 34.3 Å². The minimum atomic E-state index is -5.08. The van der Waals surface area contributed by atoms with Crippen molar-refractivity contribution in [2.75, 3.05) is 41.8 Å². The number of amidine groups is 1. The molecule has 0 bridgehead atoms. The van der Waals surface area contributed by atoms with E-state index in [1.54, 1.807) is 18.2 Å². The Morgan fingerprint density at radius 2 is 1.84 bits per heavy atom. The normalized spacial score (nSPS) is 16.1. The van der Waals surface area contributed by atoms with E-state index in [0.717, 1.165) is 35.2 Å². The lowest BCUT2D eigenvalue weighted by molar-refractivity contribution is -0.192. The Kier molecular flexibility index (Phi) is 10.5. The molecule has 2 aliphatic heterocycles. The number of amides is 2. The topological polar surface area (TPSA) is 133 Å². The molecule has 0 aliphatic carbocycles. The summed E-state index contributed by atoms with van der Waals surface area (Å²) in [7, 11) is 0. The first kappa shape index (κ1) is 32.8. The molecule has 0 radical (unpaired) electrons. The van der Waals surface area contributed by atoms with Crippen LogP contribution in [0.3, 0.4) is 0 Å². The number of aromatic nitrogens is 1. The van der Waals surface area contributed by atoms with E-state index in [4.69, 9.17) is 26.2 Å². The highest BCUT2D eigenvalue weighted by Crippen LogP contribution is 2.34. The number of aliphatic imine (C=N–C) groups is 1. The van der Waals surface area contributed by atoms with Crippen molar-refractivity contribution in [1.82, 2.24) is 4.98 Å². The number of anilines is 3. The number of morpholine rings is 1. The Morgan fingerprint density at radius 3 is 2.50 bits per heavy atom. The number of fused-ring (bicyclic) bond motifs is 1. The highest BCUT2D eigenvalue weighted by Gasteiger charge is 2.38. The van der Waals surface area contributed by atoms with Crippen molar-refractivity contribution in [3.8, 4) is 0 Å². The summed E-state index contributed by atoms with van der Waals surface area (Å²) in [4.78, 5) is 45.1. The van der Waals surface area contributed by atoms with Crippen LogP contribution >= 0.6 is 23.4 Å². The van der Waals surface area contributed by atoms with E-state index in [0.29, 0.717) is 39.7 Å². The monoisotopic (exact) mass is 649 g/mol. The van der Waals surface area contributed by atoms with Crippen molar-refractivity contribution in [3.05, 3.63) is 64.2 Å². The summed E-state index contributed by atoms with van der Waals surface area (Å²) < 4.78 is 37.2. The van der Waals surface area contributed by atoms with Crippen LogP contribution in [0.15, 0.2) is 58.6 Å². The van der Waals surface area contributed by atoms with E-state index in [1.807, 2.05) is 44.3 Å². The van der Waals surface area contributed by atoms with Crippen LogP contribution < -0.4 is 15.5 Å². The molecule has 10 nitrogen and oxygen atoms in total. The van der Waals surface area contributed by atoms with Gasteiger partial charge in [0.25, 0.3) is 5.91 Å². The summed E-state index contributed by atoms with van der Waals surface area (Å²) in [5, 5.41) is 15.0. The summed E-state index contributed by atoms with van der Waals surface area (Å²) in [5.74, 6) is -3.33. The lowest BCUT2D eigenvalue weighted by Gasteiger charge is -2.29. The number of aliphatic carboxylic acids is 1. The van der Waals surface area contributed by atoms with E-state index >= 15 is 0 Å². The number of pyridine rings is 1. The van der Waals surface area contributed by atoms with Gasteiger partial charge in [-0.15, -0.1) is 0 Å². The van der Waals surface area contributed by atoms with E-state index in [-0.39, 0.29) is 17.7 Å². The number of thioether (sulfide) groups is 1. The van der Waals surface area contributed by atoms with Crippen LogP contribution in [0, 0.1) is 5.92 Å². The number of hydrogen-bond donors (Lipinski definition) is 3. The van der Waals surface area contributed by atoms with E-state index in [2.05, 4.69) is 31.6 Å². The number of rotatable bonds is 5. The third-order valence-corrected chi connectivity index (χ3v) is 7.48. The van der Waals surface area contributed by atoms with Gasteiger partial charge in [-0.2, -0.15) is 18.2 Å². The molecule has 3 aromatic rings. The highest BCUT2D eigenvalue weighted by molar-refractivity contribution is 8.18. The first-order chi connectivity index (χ1) is 20.8. The quantitative estimate of drug-likeness (QED) is 0.283. The Balaban J connectivity index is 0.000000566. The van der Waals surface area contributed by atoms with Crippen LogP contribution in [0.2, 0.25) is 5.02 Å². The average molecular weight is 650 g/mol. The average Bonchev–Trinajstić information content (AvgIpc) is 3.32. The second kappa shape index (κ2) is 14.1. The maximum absolute atomic E-state index is 12.7. The summed E-state index contributed by atoms with van der Waals surface area (Å²) in [6, 6.07) is 13.1. The number of benzene rings is 2. The molecular formula is C29H27ClF3N5O5S. The van der Waals surface area contributed by atoms with Gasteiger partial charge in [-0.1, -0.05) is 31.5 Å². The number of halogens is 4. The van der Waals surface area contributed by atoms with Crippen LogP contribution in [-0.4, -0.2) is 65.5 Å². The zero-order chi connectivity index (χ0) is 32.0. The lowest BCUT2D eigenvalue weighted by Crippen LogP contribution is -2.36. The lowest BCUT2D eigenvalue weighted by atomic mass is 10.1. The molecule has 5 rings (SSSR count). The smallest absolute Gasteiger partial charge is 0.475 e. The number of nitrogens with one attached hydrogen (secondary N) is 2. The minimum Gasteiger partial charge on any atom is -0.475 e. The van der Waals surface area contributed by atoms with Crippen LogP contribution in [0.25, 0.3) is 17.0 Å². The number of carboxylic acid groups (broad SMARTS) is 1. The van der Waals surface area contributed by atoms with Gasteiger partial charge in [-0.3, -0.25) is 14.6 Å². The molecule has 1 saturated heterocycles. The Bertz CT molecular complexity index is 1640. The number of hydrogen-bond acceptors (Lipinski definition) is 8. The number of carboxylic acids is 1. The third-order valence-electron chi connectivity index (χ3n) is 6.26. The molecule has 2 aromatic carbocycles. The van der Waals surface area contributed by atoms with Gasteiger partial charge < -0.3 is 25.4 Å². The van der Waals surface area contributed by atoms with Crippen molar-refractivity contribution < 1.29 is 37.4 Å². The third kappa shape index (κ3) is 8.49. The second-order valence-electron chi connectivity index (χ2n) is 9.81. The van der Waals surface area contributed by atoms with Crippen LogP contribution in [0.5, 0.6) is 0 Å². The van der Waals surface area contributed by atoms with Gasteiger partial charge in [-0.25, -0.2) is 4.79 Å². The minimum absolute atomic E-state index is 0.0939. The zero-order valence-electron chi connectivity index (χ0n) is 23.4. The standard InChI is InChI=1S/C27H26ClN5O3S.C2HF3O2/c1-16(2)25(34)30-18-4-5-20(28)22(15-18)31-27-32-26(35)24(37-27)14-17-3-6-21-19(13-17)23(7-8-29-21)33-9-11-36-12-10-33;3-2(4,5)1(6)7/h3-8,13-16H,9-12H2,1-2H3,(H,30,34)(H,31,32,35);(H,6,7)/b24-14+;. The molecule has 0 saturated carbocycles. The number of carbonyl (C=O) groups is 3. The van der Waals surface area contributed by atoms with Gasteiger partial charge in [0.1, 0.15) is 0 Å². The van der Waals surface area contributed by atoms with E-state index < -0.39 is 12.1 Å². The predicted molar refractivity (Wildman–Crippen MR) is 165 cm³/mol. The van der Waals surface area contributed by atoms with Crippen molar-refractivity contribution in [1.29, 1.82) is 0 Å². The van der Waals surface area contributed by atoms with Crippen molar-refractivity contribution >= 4 is 80.4 Å². The molecule has 44 heavy (non-hydrogen) atoms. The molecule has 15 heteroatoms. The maximum Gasteiger partial charge on any atom is 0.490 e. The van der Waals surface area contributed by atoms with Crippen molar-refractivity contribution in [3.63, 3.8) is 0 Å². The SMILES string of the molecule is CC(C)C(=O)Nc1ccc(Cl)c(NC2=NC(=O)/C(=C\c3ccc4nccc(N5CCOCC5)c4c3)S2)c1.O=C(O)C(F)(F)F. The molecule has 3 heterocycles. The molecule has 3 N–H and O–H groups in total. The van der Waals surface area contributed by atoms with Gasteiger partial charge in [-0.05, 0) is 59.8 Å². The Morgan fingerprint density at radius 1 is 1.14 bits per heavy atom. The van der Waals surface area contributed by atoms with Gasteiger partial charge in [0.15, 0.2) is 5.17 Å². The molecule has 0 spiro atoms. The fourth-order valence-electron chi connectivity index (χ4n) is 4.03. The van der Waals surface area contributed by atoms with Crippen LogP contribution in [0.1, 0.15) is 19.4 Å². The molecular weight excluding hydrogens is 623 g/mol. The first-order valence-corrected chi connectivity index (χ1v) is 14.4. The van der Waals surface area contributed by atoms with Crippen molar-refractivity contribution in [2.45, 2.75) is 20.0 Å². The number of carbonyl (C=O) groups excluding carboxylic acids is 2. The van der Waals surface area contributed by atoms with Gasteiger partial charge >= 0.3 is 12.1 Å². The largest absolute Gasteiger partial charge is 0.490 e. The fourth-order valence-corrected chi connectivity index (χ4v) is 5.02. The zero-order valence-corrected chi connectivity index (χ0v) is 25.0. The van der Waals surface area contributed by atoms with Gasteiger partial charge in [0, 0.05) is 42.0 Å². The molecule has 2 aliphatic rings. The molecule has 2 amide bonds. The molecule has 232 valence electrons. The molecule has 1 fully saturated rings. The van der Waals surface area contributed by atoms with Crippen LogP contribution in [0.4, 0.5) is 30.2 Å². The molecule has 0 atom stereocenters. The van der Waals surface area contributed by atoms with Gasteiger partial charge in [0.2, 0.25) is 5.91 Å². The summed E-state index contributed by atoms with van der Waals surface area (Å²) in [6.07, 6.45) is -1.43. The Labute approximate surface area is 259 Å². The second-order valence-corrected chi connectivity index (χ2v) is 11.2. The summed E-state index contributed by atoms with van der Waals surface area (Å²) in [6.45, 7) is 6.69. The van der Waals surface area contributed by atoms with Crippen molar-refractivity contribution in [2.24, 2.45) is 10.9 Å². The molecule has 0 unspecified atom stereocenters. The predicted octanol–water partition coefficient (Wildman–Crippen LogP) is 6.04. The summed E-state index contributed by atoms with van der Waals surface area (Å²) >= 11 is 7.60. The number of nitrogens with zero attached hydrogens (tertiary/aromatic N) is 3. The number of ether oxygens (including phenoxy) is 1. The Hall–Kier alpha value is -4.14. The highest BCUT2D eigenvalue weighted by atomic mass is 35.5. The van der Waals surface area contributed by atoms with Crippen LogP contribution in [-0.2, 0) is 19.1 Å².